The van der Waals surface area contributed by atoms with Crippen LogP contribution in [0.1, 0.15) is 28.4 Å². The Bertz CT molecular complexity index is 889. The van der Waals surface area contributed by atoms with Crippen molar-refractivity contribution in [2.24, 2.45) is 0 Å². The van der Waals surface area contributed by atoms with E-state index in [1.54, 1.807) is 23.0 Å². The van der Waals surface area contributed by atoms with Gasteiger partial charge < -0.3 is 4.40 Å². The van der Waals surface area contributed by atoms with Crippen LogP contribution >= 0.6 is 39.1 Å². The molecule has 0 N–H and O–H groups in total. The number of hydrogen-bond acceptors (Lipinski definition) is 2. The third-order valence-corrected chi connectivity index (χ3v) is 4.73. The predicted molar refractivity (Wildman–Crippen MR) is 92.2 cm³/mol. The second-order valence-corrected chi connectivity index (χ2v) is 6.66. The number of pyridine rings is 1. The van der Waals surface area contributed by atoms with Crippen molar-refractivity contribution >= 4 is 50.6 Å². The molecular formula is C16H11BrCl2N2O. The highest BCUT2D eigenvalue weighted by Crippen LogP contribution is 2.30. The Hall–Kier alpha value is -1.36. The standard InChI is InChI=1S/C16H11BrCl2N2O/c1-9(22)13-8-21-5-4-20-16(21)15(19)12(13)6-10-2-3-11(17)7-14(10)18/h2-5,7-8H,6H2,1H3. The van der Waals surface area contributed by atoms with Crippen LogP contribution in [0.2, 0.25) is 10.0 Å². The molecule has 2 heterocycles. The van der Waals surface area contributed by atoms with E-state index >= 15 is 0 Å². The molecule has 3 nitrogen and oxygen atoms in total. The van der Waals surface area contributed by atoms with E-state index in [0.29, 0.717) is 27.7 Å². The van der Waals surface area contributed by atoms with Gasteiger partial charge in [-0.25, -0.2) is 4.98 Å². The van der Waals surface area contributed by atoms with Gasteiger partial charge >= 0.3 is 0 Å². The van der Waals surface area contributed by atoms with Crippen molar-refractivity contribution in [1.82, 2.24) is 9.38 Å². The average molecular weight is 398 g/mol. The van der Waals surface area contributed by atoms with Gasteiger partial charge in [0.05, 0.1) is 5.02 Å². The van der Waals surface area contributed by atoms with E-state index in [9.17, 15) is 4.79 Å². The molecule has 0 amide bonds. The van der Waals surface area contributed by atoms with Gasteiger partial charge in [0.25, 0.3) is 0 Å². The summed E-state index contributed by atoms with van der Waals surface area (Å²) in [6.07, 6.45) is 5.66. The van der Waals surface area contributed by atoms with E-state index in [-0.39, 0.29) is 5.78 Å². The first-order chi connectivity index (χ1) is 10.5. The van der Waals surface area contributed by atoms with Crippen molar-refractivity contribution in [3.05, 3.63) is 68.0 Å². The molecule has 0 radical (unpaired) electrons. The third-order valence-electron chi connectivity index (χ3n) is 3.48. The zero-order valence-corrected chi connectivity index (χ0v) is 14.7. The van der Waals surface area contributed by atoms with Crippen LogP contribution in [-0.4, -0.2) is 15.2 Å². The monoisotopic (exact) mass is 396 g/mol. The highest BCUT2D eigenvalue weighted by molar-refractivity contribution is 9.10. The van der Waals surface area contributed by atoms with Crippen molar-refractivity contribution < 1.29 is 4.79 Å². The molecule has 0 atom stereocenters. The molecule has 0 saturated carbocycles. The van der Waals surface area contributed by atoms with Crippen LogP contribution in [0.15, 0.2) is 41.3 Å². The van der Waals surface area contributed by atoms with E-state index in [0.717, 1.165) is 15.6 Å². The maximum atomic E-state index is 12.0. The van der Waals surface area contributed by atoms with Crippen molar-refractivity contribution in [2.45, 2.75) is 13.3 Å². The summed E-state index contributed by atoms with van der Waals surface area (Å²) in [5, 5.41) is 1.11. The van der Waals surface area contributed by atoms with Gasteiger partial charge in [0, 0.05) is 40.1 Å². The summed E-state index contributed by atoms with van der Waals surface area (Å²) in [5.74, 6) is -0.0410. The molecule has 6 heteroatoms. The molecule has 3 aromatic rings. The molecule has 2 aromatic heterocycles. The van der Waals surface area contributed by atoms with E-state index in [1.807, 2.05) is 18.2 Å². The normalized spacial score (nSPS) is 11.1. The Morgan fingerprint density at radius 3 is 2.82 bits per heavy atom. The number of hydrogen-bond donors (Lipinski definition) is 0. The number of benzene rings is 1. The van der Waals surface area contributed by atoms with Crippen LogP contribution < -0.4 is 0 Å². The highest BCUT2D eigenvalue weighted by atomic mass is 79.9. The zero-order valence-electron chi connectivity index (χ0n) is 11.6. The van der Waals surface area contributed by atoms with Gasteiger partial charge in [-0.15, -0.1) is 0 Å². The van der Waals surface area contributed by atoms with Crippen LogP contribution in [0.3, 0.4) is 0 Å². The van der Waals surface area contributed by atoms with Gasteiger partial charge in [-0.1, -0.05) is 45.2 Å². The zero-order chi connectivity index (χ0) is 15.9. The second-order valence-electron chi connectivity index (χ2n) is 4.96. The fourth-order valence-corrected chi connectivity index (χ4v) is 3.44. The quantitative estimate of drug-likeness (QED) is 0.569. The van der Waals surface area contributed by atoms with E-state index in [2.05, 4.69) is 20.9 Å². The molecule has 0 aliphatic rings. The Kier molecular flexibility index (Phi) is 4.26. The summed E-state index contributed by atoms with van der Waals surface area (Å²) < 4.78 is 2.66. The van der Waals surface area contributed by atoms with Crippen molar-refractivity contribution in [1.29, 1.82) is 0 Å². The Morgan fingerprint density at radius 1 is 1.36 bits per heavy atom. The van der Waals surface area contributed by atoms with Gasteiger partial charge in [0.1, 0.15) is 0 Å². The smallest absolute Gasteiger partial charge is 0.161 e. The minimum absolute atomic E-state index is 0.0410. The summed E-state index contributed by atoms with van der Waals surface area (Å²) in [7, 11) is 0. The van der Waals surface area contributed by atoms with E-state index in [4.69, 9.17) is 23.2 Å². The summed E-state index contributed by atoms with van der Waals surface area (Å²) in [6, 6.07) is 5.66. The maximum absolute atomic E-state index is 12.0. The summed E-state index contributed by atoms with van der Waals surface area (Å²) in [5.41, 5.74) is 2.87. The molecule has 0 fully saturated rings. The molecular weight excluding hydrogens is 387 g/mol. The molecule has 22 heavy (non-hydrogen) atoms. The van der Waals surface area contributed by atoms with Crippen LogP contribution in [0.25, 0.3) is 5.65 Å². The first-order valence-electron chi connectivity index (χ1n) is 6.56. The highest BCUT2D eigenvalue weighted by Gasteiger charge is 2.17. The number of ketones is 1. The Morgan fingerprint density at radius 2 is 2.14 bits per heavy atom. The van der Waals surface area contributed by atoms with Gasteiger partial charge in [0.2, 0.25) is 0 Å². The fourth-order valence-electron chi connectivity index (χ4n) is 2.39. The van der Waals surface area contributed by atoms with Gasteiger partial charge in [-0.05, 0) is 30.2 Å². The number of rotatable bonds is 3. The molecule has 112 valence electrons. The molecule has 0 bridgehead atoms. The van der Waals surface area contributed by atoms with Gasteiger partial charge in [-0.3, -0.25) is 4.79 Å². The number of nitrogens with zero attached hydrogens (tertiary/aromatic N) is 2. The van der Waals surface area contributed by atoms with E-state index in [1.165, 1.54) is 6.92 Å². The molecule has 0 aliphatic heterocycles. The summed E-state index contributed by atoms with van der Waals surface area (Å²) in [4.78, 5) is 16.2. The van der Waals surface area contributed by atoms with E-state index < -0.39 is 0 Å². The van der Waals surface area contributed by atoms with Crippen LogP contribution in [0, 0.1) is 0 Å². The van der Waals surface area contributed by atoms with Crippen molar-refractivity contribution in [3.63, 3.8) is 0 Å². The second kappa shape index (κ2) is 6.03. The molecule has 0 unspecified atom stereocenters. The number of fused-ring (bicyclic) bond motifs is 1. The molecule has 0 spiro atoms. The number of imidazole rings is 1. The summed E-state index contributed by atoms with van der Waals surface area (Å²) in [6.45, 7) is 1.53. The number of carbonyl (C=O) groups is 1. The van der Waals surface area contributed by atoms with Gasteiger partial charge in [-0.2, -0.15) is 0 Å². The Balaban J connectivity index is 2.18. The third kappa shape index (κ3) is 2.78. The maximum Gasteiger partial charge on any atom is 0.161 e. The molecule has 3 rings (SSSR count). The number of halogens is 3. The molecule has 0 aliphatic carbocycles. The lowest BCUT2D eigenvalue weighted by molar-refractivity contribution is 0.101. The topological polar surface area (TPSA) is 34.4 Å². The lowest BCUT2D eigenvalue weighted by atomic mass is 9.99. The van der Waals surface area contributed by atoms with Crippen LogP contribution in [0.5, 0.6) is 0 Å². The van der Waals surface area contributed by atoms with Crippen LogP contribution in [-0.2, 0) is 6.42 Å². The lowest BCUT2D eigenvalue weighted by Crippen LogP contribution is -2.05. The largest absolute Gasteiger partial charge is 0.305 e. The first kappa shape index (κ1) is 15.5. The minimum atomic E-state index is -0.0410. The predicted octanol–water partition coefficient (Wildman–Crippen LogP) is 5.20. The average Bonchev–Trinajstić information content (AvgIpc) is 2.92. The lowest BCUT2D eigenvalue weighted by Gasteiger charge is -2.12. The van der Waals surface area contributed by atoms with Gasteiger partial charge in [0.15, 0.2) is 11.4 Å². The molecule has 1 aromatic carbocycles. The summed E-state index contributed by atoms with van der Waals surface area (Å²) >= 11 is 16.1. The number of aromatic nitrogens is 2. The first-order valence-corrected chi connectivity index (χ1v) is 8.11. The number of Topliss-reactive ketones (excluding diaryl/α,β-unsaturated/α-hetero) is 1. The fraction of sp³-hybridized carbons (Fsp3) is 0.125. The SMILES string of the molecule is CC(=O)c1cn2ccnc2c(Cl)c1Cc1ccc(Br)cc1Cl. The minimum Gasteiger partial charge on any atom is -0.305 e. The van der Waals surface area contributed by atoms with Crippen LogP contribution in [0.4, 0.5) is 0 Å². The number of carbonyl (C=O) groups excluding carboxylic acids is 1. The van der Waals surface area contributed by atoms with Crippen molar-refractivity contribution in [3.8, 4) is 0 Å². The molecule has 0 saturated heterocycles. The van der Waals surface area contributed by atoms with Crippen molar-refractivity contribution in [2.75, 3.05) is 0 Å². The Labute approximate surface area is 146 Å².